The van der Waals surface area contributed by atoms with Crippen LogP contribution in [0.5, 0.6) is 0 Å². The maximum absolute atomic E-state index is 12.9. The van der Waals surface area contributed by atoms with E-state index in [0.29, 0.717) is 22.4 Å². The molecule has 3 aliphatic heterocycles. The number of quaternary nitrogens is 1. The molecular formula is C19H22N6O5S2. The second kappa shape index (κ2) is 8.56. The molecule has 1 fully saturated rings. The fourth-order valence-corrected chi connectivity index (χ4v) is 5.90. The molecule has 0 bridgehead atoms. The van der Waals surface area contributed by atoms with Gasteiger partial charge in [0.1, 0.15) is 30.8 Å². The molecule has 0 radical (unpaired) electrons. The molecule has 2 amide bonds. The molecule has 1 saturated heterocycles. The Bertz CT molecular complexity index is 1060. The minimum Gasteiger partial charge on any atom is -0.543 e. The van der Waals surface area contributed by atoms with E-state index < -0.39 is 29.2 Å². The summed E-state index contributed by atoms with van der Waals surface area (Å²) in [5.74, 6) is -2.13. The number of fused-ring (bicyclic) bond motifs is 1. The number of likely N-dealkylation sites (N-methyl/N-ethyl adjacent to an activating group) is 1. The van der Waals surface area contributed by atoms with E-state index in [1.165, 1.54) is 23.8 Å². The molecule has 0 saturated carbocycles. The average molecular weight is 479 g/mol. The minimum absolute atomic E-state index is 0.0893. The van der Waals surface area contributed by atoms with E-state index in [4.69, 9.17) is 10.6 Å². The van der Waals surface area contributed by atoms with Crippen molar-refractivity contribution in [1.29, 1.82) is 0 Å². The highest BCUT2D eigenvalue weighted by atomic mass is 32.2. The van der Waals surface area contributed by atoms with Gasteiger partial charge in [0.2, 0.25) is 0 Å². The number of β-lactam (4-membered cyclic amide) rings is 1. The lowest BCUT2D eigenvalue weighted by molar-refractivity contribution is -0.889. The lowest BCUT2D eigenvalue weighted by Gasteiger charge is -2.51. The Balaban J connectivity index is 1.52. The number of aromatic nitrogens is 1. The first-order valence-electron chi connectivity index (χ1n) is 9.74. The summed E-state index contributed by atoms with van der Waals surface area (Å²) in [4.78, 5) is 47.6. The first kappa shape index (κ1) is 22.3. The number of thiazole rings is 1. The van der Waals surface area contributed by atoms with Crippen molar-refractivity contribution in [1.82, 2.24) is 15.2 Å². The summed E-state index contributed by atoms with van der Waals surface area (Å²) in [6.45, 7) is 2.10. The molecule has 3 N–H and O–H groups in total. The summed E-state index contributed by atoms with van der Waals surface area (Å²) < 4.78 is 0.646. The number of carboxylic acid groups (broad SMARTS) is 1. The molecule has 0 spiro atoms. The molecular weight excluding hydrogens is 456 g/mol. The molecule has 13 heteroatoms. The first-order chi connectivity index (χ1) is 15.2. The zero-order valence-electron chi connectivity index (χ0n) is 17.4. The van der Waals surface area contributed by atoms with Gasteiger partial charge in [-0.3, -0.25) is 14.5 Å². The van der Waals surface area contributed by atoms with Gasteiger partial charge in [0, 0.05) is 16.7 Å². The van der Waals surface area contributed by atoms with Crippen molar-refractivity contribution < 1.29 is 28.8 Å². The van der Waals surface area contributed by atoms with E-state index >= 15 is 0 Å². The number of nitrogens with zero attached hydrogens (tertiary/aromatic N) is 4. The number of nitrogens with two attached hydrogens (primary N) is 1. The van der Waals surface area contributed by atoms with Crippen molar-refractivity contribution in [2.45, 2.75) is 11.4 Å². The van der Waals surface area contributed by atoms with Crippen molar-refractivity contribution in [3.63, 3.8) is 0 Å². The van der Waals surface area contributed by atoms with Gasteiger partial charge in [0.25, 0.3) is 11.8 Å². The van der Waals surface area contributed by atoms with Crippen LogP contribution >= 0.6 is 23.1 Å². The molecule has 170 valence electrons. The van der Waals surface area contributed by atoms with Crippen LogP contribution in [0.3, 0.4) is 0 Å². The summed E-state index contributed by atoms with van der Waals surface area (Å²) in [5.41, 5.74) is 6.30. The number of oxime groups is 1. The molecule has 1 unspecified atom stereocenters. The Labute approximate surface area is 192 Å². The molecule has 0 aromatic carbocycles. The van der Waals surface area contributed by atoms with Crippen LogP contribution in [-0.4, -0.2) is 88.8 Å². The molecule has 0 aliphatic carbocycles. The molecule has 11 nitrogen and oxygen atoms in total. The smallest absolute Gasteiger partial charge is 0.276 e. The normalized spacial score (nSPS) is 24.2. The molecule has 1 aromatic heterocycles. The van der Waals surface area contributed by atoms with Gasteiger partial charge in [0.05, 0.1) is 31.8 Å². The summed E-state index contributed by atoms with van der Waals surface area (Å²) in [6.07, 6.45) is 4.13. The summed E-state index contributed by atoms with van der Waals surface area (Å²) in [5, 5.41) is 19.5. The third kappa shape index (κ3) is 3.98. The van der Waals surface area contributed by atoms with Crippen LogP contribution in [0.25, 0.3) is 0 Å². The average Bonchev–Trinajstić information content (AvgIpc) is 3.37. The van der Waals surface area contributed by atoms with Gasteiger partial charge in [-0.2, -0.15) is 0 Å². The van der Waals surface area contributed by atoms with Crippen molar-refractivity contribution in [3.8, 4) is 0 Å². The fourth-order valence-electron chi connectivity index (χ4n) is 4.02. The van der Waals surface area contributed by atoms with Crippen LogP contribution in [-0.2, 0) is 19.2 Å². The third-order valence-corrected chi connectivity index (χ3v) is 7.53. The number of anilines is 1. The Kier molecular flexibility index (Phi) is 5.97. The maximum Gasteiger partial charge on any atom is 0.276 e. The maximum atomic E-state index is 12.9. The van der Waals surface area contributed by atoms with Crippen molar-refractivity contribution in [3.05, 3.63) is 34.5 Å². The standard InChI is InChI=1S/C19H22N6O5S2/c1-25(5-3-4-6-25)7-10-8-31-17-13(16(27)24(17)14(10)18(28)29)22-15(26)12(23-30-2)11-9-32-19(20)21-11/h3-4,9,13,17H,5-8H2,1-2H3,(H3-,20,21,22,26,28,29)/b23-12-/t13?,17-/m1/s1. The van der Waals surface area contributed by atoms with E-state index in [2.05, 4.69) is 27.6 Å². The molecule has 3 aliphatic rings. The van der Waals surface area contributed by atoms with Crippen LogP contribution in [0.1, 0.15) is 5.69 Å². The van der Waals surface area contributed by atoms with Gasteiger partial charge in [0.15, 0.2) is 10.8 Å². The van der Waals surface area contributed by atoms with E-state index in [9.17, 15) is 19.5 Å². The molecule has 1 aromatic rings. The van der Waals surface area contributed by atoms with Gasteiger partial charge in [-0.1, -0.05) is 5.16 Å². The van der Waals surface area contributed by atoms with Crippen LogP contribution < -0.4 is 16.2 Å². The molecule has 32 heavy (non-hydrogen) atoms. The molecule has 2 atom stereocenters. The van der Waals surface area contributed by atoms with Crippen molar-refractivity contribution in [2.24, 2.45) is 5.16 Å². The quantitative estimate of drug-likeness (QED) is 0.158. The summed E-state index contributed by atoms with van der Waals surface area (Å²) >= 11 is 2.55. The highest BCUT2D eigenvalue weighted by Gasteiger charge is 2.53. The topological polar surface area (TPSA) is 150 Å². The molecule has 4 heterocycles. The highest BCUT2D eigenvalue weighted by Crippen LogP contribution is 2.40. The Morgan fingerprint density at radius 3 is 2.75 bits per heavy atom. The van der Waals surface area contributed by atoms with E-state index in [1.54, 1.807) is 5.38 Å². The second-order valence-corrected chi connectivity index (χ2v) is 9.90. The minimum atomic E-state index is -1.39. The van der Waals surface area contributed by atoms with Crippen LogP contribution in [0, 0.1) is 0 Å². The Hall–Kier alpha value is -2.90. The number of thioether (sulfide) groups is 1. The van der Waals surface area contributed by atoms with Gasteiger partial charge in [-0.25, -0.2) is 4.98 Å². The number of hydrogen-bond donors (Lipinski definition) is 2. The SMILES string of the molecule is CO/N=C(\C(=O)NC1C(=O)N2C(C(=O)[O-])=C(C[N+]3(C)CC=CC3)CS[C@H]12)c1csc(N)n1. The molecule has 4 rings (SSSR count). The van der Waals surface area contributed by atoms with Crippen LogP contribution in [0.2, 0.25) is 0 Å². The number of carbonyl (C=O) groups excluding carboxylic acids is 3. The lowest BCUT2D eigenvalue weighted by Crippen LogP contribution is -2.71. The number of nitrogens with one attached hydrogen (secondary N) is 1. The number of rotatable bonds is 7. The number of carboxylic acids is 1. The van der Waals surface area contributed by atoms with E-state index in [0.717, 1.165) is 24.4 Å². The van der Waals surface area contributed by atoms with E-state index in [-0.39, 0.29) is 22.2 Å². The summed E-state index contributed by atoms with van der Waals surface area (Å²) in [6, 6.07) is -0.903. The number of hydrogen-bond acceptors (Lipinski definition) is 10. The number of carbonyl (C=O) groups is 3. The Morgan fingerprint density at radius 1 is 1.44 bits per heavy atom. The van der Waals surface area contributed by atoms with Gasteiger partial charge in [-0.05, 0) is 12.2 Å². The van der Waals surface area contributed by atoms with Gasteiger partial charge >= 0.3 is 0 Å². The van der Waals surface area contributed by atoms with E-state index in [1.807, 2.05) is 7.05 Å². The van der Waals surface area contributed by atoms with Crippen LogP contribution in [0.15, 0.2) is 34.0 Å². The summed E-state index contributed by atoms with van der Waals surface area (Å²) in [7, 11) is 3.33. The van der Waals surface area contributed by atoms with Crippen molar-refractivity contribution in [2.75, 3.05) is 45.3 Å². The lowest BCUT2D eigenvalue weighted by atomic mass is 10.0. The van der Waals surface area contributed by atoms with Crippen LogP contribution in [0.4, 0.5) is 5.13 Å². The zero-order valence-corrected chi connectivity index (χ0v) is 19.1. The number of aliphatic carboxylic acids is 1. The fraction of sp³-hybridized carbons (Fsp3) is 0.421. The Morgan fingerprint density at radius 2 is 2.16 bits per heavy atom. The monoisotopic (exact) mass is 478 g/mol. The van der Waals surface area contributed by atoms with Gasteiger partial charge in [-0.15, -0.1) is 23.1 Å². The largest absolute Gasteiger partial charge is 0.543 e. The highest BCUT2D eigenvalue weighted by molar-refractivity contribution is 8.00. The zero-order chi connectivity index (χ0) is 23.0. The first-order valence-corrected chi connectivity index (χ1v) is 11.7. The third-order valence-electron chi connectivity index (χ3n) is 5.52. The van der Waals surface area contributed by atoms with Crippen molar-refractivity contribution >= 4 is 51.7 Å². The van der Waals surface area contributed by atoms with Gasteiger partial charge < -0.3 is 30.3 Å². The predicted octanol–water partition coefficient (Wildman–Crippen LogP) is -1.50. The number of amides is 2. The predicted molar refractivity (Wildman–Crippen MR) is 117 cm³/mol. The number of nitrogen functional groups attached to an aromatic ring is 1. The second-order valence-electron chi connectivity index (χ2n) is 7.91.